The Morgan fingerprint density at radius 3 is 2.12 bits per heavy atom. The van der Waals surface area contributed by atoms with E-state index in [1.165, 1.54) is 0 Å². The van der Waals surface area contributed by atoms with Gasteiger partial charge in [0, 0.05) is 11.9 Å². The average Bonchev–Trinajstić information content (AvgIpc) is 1.98. The highest BCUT2D eigenvalue weighted by molar-refractivity contribution is 9.09. The highest BCUT2D eigenvalue weighted by atomic mass is 79.9. The van der Waals surface area contributed by atoms with E-state index in [9.17, 15) is 21.6 Å². The minimum absolute atomic E-state index is 0.172. The Bertz CT molecular complexity index is 303. The number of rotatable bonds is 6. The van der Waals surface area contributed by atoms with Crippen LogP contribution >= 0.6 is 15.9 Å². The Balaban J connectivity index is 4.77. The lowest BCUT2D eigenvalue weighted by Crippen LogP contribution is -2.42. The van der Waals surface area contributed by atoms with Crippen LogP contribution in [0, 0.1) is 5.92 Å². The smallest absolute Gasteiger partial charge is 0.212 e. The van der Waals surface area contributed by atoms with E-state index in [2.05, 4.69) is 15.9 Å². The summed E-state index contributed by atoms with van der Waals surface area (Å²) in [6.07, 6.45) is -4.51. The molecule has 0 aromatic rings. The molecular weight excluding hydrogens is 311 g/mol. The van der Waals surface area contributed by atoms with Gasteiger partial charge in [-0.1, -0.05) is 29.8 Å². The molecule has 0 aromatic carbocycles. The molecule has 16 heavy (non-hydrogen) atoms. The van der Waals surface area contributed by atoms with Crippen LogP contribution in [-0.4, -0.2) is 43.1 Å². The van der Waals surface area contributed by atoms with Crippen molar-refractivity contribution in [1.29, 1.82) is 0 Å². The lowest BCUT2D eigenvalue weighted by molar-refractivity contribution is -0.135. The highest BCUT2D eigenvalue weighted by Crippen LogP contribution is 2.19. The van der Waals surface area contributed by atoms with Gasteiger partial charge in [0.15, 0.2) is 0 Å². The highest BCUT2D eigenvalue weighted by Gasteiger charge is 2.35. The standard InChI is InChI=1S/C8H15BrF3NO2S/c1-7(2)5-16(14,15)13(4-3-9)6-8(10,11)12/h7H,3-6H2,1-2H3. The maximum Gasteiger partial charge on any atom is 0.402 e. The minimum Gasteiger partial charge on any atom is -0.212 e. The van der Waals surface area contributed by atoms with E-state index in [-0.39, 0.29) is 23.5 Å². The minimum atomic E-state index is -4.51. The average molecular weight is 326 g/mol. The summed E-state index contributed by atoms with van der Waals surface area (Å²) in [4.78, 5) is 0. The summed E-state index contributed by atoms with van der Waals surface area (Å²) >= 11 is 2.94. The molecule has 0 fully saturated rings. The first kappa shape index (κ1) is 16.2. The lowest BCUT2D eigenvalue weighted by Gasteiger charge is -2.23. The van der Waals surface area contributed by atoms with Gasteiger partial charge in [-0.15, -0.1) is 0 Å². The van der Waals surface area contributed by atoms with Crippen LogP contribution in [0.3, 0.4) is 0 Å². The zero-order valence-electron chi connectivity index (χ0n) is 9.09. The number of hydrogen-bond donors (Lipinski definition) is 0. The molecule has 0 N–H and O–H groups in total. The maximum absolute atomic E-state index is 12.2. The third-order valence-electron chi connectivity index (χ3n) is 1.63. The first-order valence-corrected chi connectivity index (χ1v) is 7.42. The Labute approximate surface area is 102 Å². The predicted molar refractivity (Wildman–Crippen MR) is 60.0 cm³/mol. The monoisotopic (exact) mass is 325 g/mol. The van der Waals surface area contributed by atoms with Crippen molar-refractivity contribution in [3.8, 4) is 0 Å². The third kappa shape index (κ3) is 6.70. The van der Waals surface area contributed by atoms with Crippen LogP contribution in [0.5, 0.6) is 0 Å². The lowest BCUT2D eigenvalue weighted by atomic mass is 10.3. The Kier molecular flexibility index (Phi) is 6.27. The molecular formula is C8H15BrF3NO2S. The number of sulfonamides is 1. The SMILES string of the molecule is CC(C)CS(=O)(=O)N(CCBr)CC(F)(F)F. The van der Waals surface area contributed by atoms with E-state index < -0.39 is 22.7 Å². The van der Waals surface area contributed by atoms with E-state index in [1.54, 1.807) is 13.8 Å². The fourth-order valence-electron chi connectivity index (χ4n) is 1.14. The number of hydrogen-bond acceptors (Lipinski definition) is 2. The molecule has 0 amide bonds. The van der Waals surface area contributed by atoms with Gasteiger partial charge in [-0.05, 0) is 5.92 Å². The molecule has 0 aliphatic rings. The van der Waals surface area contributed by atoms with Crippen molar-refractivity contribution < 1.29 is 21.6 Å². The third-order valence-corrected chi connectivity index (χ3v) is 4.17. The van der Waals surface area contributed by atoms with Crippen molar-refractivity contribution in [3.63, 3.8) is 0 Å². The molecule has 0 aliphatic heterocycles. The Morgan fingerprint density at radius 1 is 1.31 bits per heavy atom. The Hall–Kier alpha value is 0.180. The molecule has 98 valence electrons. The zero-order valence-corrected chi connectivity index (χ0v) is 11.5. The molecule has 0 aliphatic carbocycles. The van der Waals surface area contributed by atoms with E-state index in [1.807, 2.05) is 0 Å². The zero-order chi connectivity index (χ0) is 13.0. The number of alkyl halides is 4. The van der Waals surface area contributed by atoms with Crippen molar-refractivity contribution in [3.05, 3.63) is 0 Å². The van der Waals surface area contributed by atoms with E-state index in [0.29, 0.717) is 4.31 Å². The quantitative estimate of drug-likeness (QED) is 0.702. The van der Waals surface area contributed by atoms with Crippen molar-refractivity contribution >= 4 is 26.0 Å². The maximum atomic E-state index is 12.2. The summed E-state index contributed by atoms with van der Waals surface area (Å²) in [6.45, 7) is 1.71. The van der Waals surface area contributed by atoms with Gasteiger partial charge in [0.1, 0.15) is 6.54 Å². The summed E-state index contributed by atoms with van der Waals surface area (Å²) in [5, 5.41) is 0.181. The Morgan fingerprint density at radius 2 is 1.81 bits per heavy atom. The van der Waals surface area contributed by atoms with Gasteiger partial charge in [-0.3, -0.25) is 0 Å². The fraction of sp³-hybridized carbons (Fsp3) is 1.00. The van der Waals surface area contributed by atoms with E-state index in [0.717, 1.165) is 0 Å². The van der Waals surface area contributed by atoms with Gasteiger partial charge in [0.05, 0.1) is 5.75 Å². The van der Waals surface area contributed by atoms with Crippen LogP contribution < -0.4 is 0 Å². The molecule has 0 radical (unpaired) electrons. The van der Waals surface area contributed by atoms with Gasteiger partial charge >= 0.3 is 6.18 Å². The van der Waals surface area contributed by atoms with Crippen LogP contribution in [0.15, 0.2) is 0 Å². The van der Waals surface area contributed by atoms with Gasteiger partial charge in [-0.2, -0.15) is 17.5 Å². The van der Waals surface area contributed by atoms with Crippen LogP contribution in [0.2, 0.25) is 0 Å². The number of nitrogens with zero attached hydrogens (tertiary/aromatic N) is 1. The van der Waals surface area contributed by atoms with Gasteiger partial charge in [-0.25, -0.2) is 8.42 Å². The van der Waals surface area contributed by atoms with Crippen molar-refractivity contribution in [2.24, 2.45) is 5.92 Å². The van der Waals surface area contributed by atoms with Crippen LogP contribution in [0.1, 0.15) is 13.8 Å². The molecule has 0 heterocycles. The van der Waals surface area contributed by atoms with Gasteiger partial charge < -0.3 is 0 Å². The summed E-state index contributed by atoms with van der Waals surface area (Å²) in [5.74, 6) is -0.466. The molecule has 0 aromatic heterocycles. The molecule has 0 saturated carbocycles. The van der Waals surface area contributed by atoms with Gasteiger partial charge in [0.25, 0.3) is 0 Å². The van der Waals surface area contributed by atoms with Crippen molar-refractivity contribution in [2.75, 3.05) is 24.2 Å². The van der Waals surface area contributed by atoms with Crippen molar-refractivity contribution in [1.82, 2.24) is 4.31 Å². The molecule has 0 spiro atoms. The van der Waals surface area contributed by atoms with Crippen LogP contribution in [0.25, 0.3) is 0 Å². The first-order chi connectivity index (χ1) is 7.08. The topological polar surface area (TPSA) is 37.4 Å². The van der Waals surface area contributed by atoms with Gasteiger partial charge in [0.2, 0.25) is 10.0 Å². The number of halogens is 4. The van der Waals surface area contributed by atoms with Crippen molar-refractivity contribution in [2.45, 2.75) is 20.0 Å². The molecule has 0 saturated heterocycles. The summed E-state index contributed by atoms with van der Waals surface area (Å²) in [7, 11) is -3.83. The molecule has 0 bridgehead atoms. The summed E-state index contributed by atoms with van der Waals surface area (Å²) < 4.78 is 60.2. The first-order valence-electron chi connectivity index (χ1n) is 4.69. The molecule has 0 rings (SSSR count). The van der Waals surface area contributed by atoms with Crippen LogP contribution in [0.4, 0.5) is 13.2 Å². The summed E-state index contributed by atoms with van der Waals surface area (Å²) in [5.41, 5.74) is 0. The summed E-state index contributed by atoms with van der Waals surface area (Å²) in [6, 6.07) is 0. The molecule has 3 nitrogen and oxygen atoms in total. The molecule has 0 atom stereocenters. The molecule has 0 unspecified atom stereocenters. The second-order valence-corrected chi connectivity index (χ2v) is 6.62. The van der Waals surface area contributed by atoms with E-state index in [4.69, 9.17) is 0 Å². The fourth-order valence-corrected chi connectivity index (χ4v) is 3.57. The molecule has 8 heteroatoms. The normalized spacial score (nSPS) is 13.8. The predicted octanol–water partition coefficient (Wildman–Crippen LogP) is 2.23. The second kappa shape index (κ2) is 6.20. The largest absolute Gasteiger partial charge is 0.402 e. The second-order valence-electron chi connectivity index (χ2n) is 3.81. The van der Waals surface area contributed by atoms with E-state index >= 15 is 0 Å². The van der Waals surface area contributed by atoms with Crippen LogP contribution in [-0.2, 0) is 10.0 Å².